The van der Waals surface area contributed by atoms with E-state index in [1.807, 2.05) is 6.92 Å². The van der Waals surface area contributed by atoms with Gasteiger partial charge in [0.15, 0.2) is 5.82 Å². The Labute approximate surface area is 70.5 Å². The van der Waals surface area contributed by atoms with Gasteiger partial charge in [0, 0.05) is 13.1 Å². The molecule has 0 spiro atoms. The van der Waals surface area contributed by atoms with Crippen molar-refractivity contribution < 1.29 is 4.52 Å². The minimum Gasteiger partial charge on any atom is -0.339 e. The normalized spacial score (nSPS) is 25.0. The molecule has 0 bridgehead atoms. The molecular weight excluding hydrogens is 156 g/mol. The molecule has 0 radical (unpaired) electrons. The van der Waals surface area contributed by atoms with Crippen molar-refractivity contribution in [3.63, 3.8) is 0 Å². The first-order valence-corrected chi connectivity index (χ1v) is 4.05. The van der Waals surface area contributed by atoms with Crippen molar-refractivity contribution in [3.8, 4) is 0 Å². The minimum atomic E-state index is 0.330. The van der Waals surface area contributed by atoms with Crippen molar-refractivity contribution >= 4 is 0 Å². The quantitative estimate of drug-likeness (QED) is 0.600. The lowest BCUT2D eigenvalue weighted by Gasteiger charge is -2.04. The summed E-state index contributed by atoms with van der Waals surface area (Å²) in [5, 5.41) is 5.52. The topological polar surface area (TPSA) is 68.2 Å². The van der Waals surface area contributed by atoms with E-state index in [0.29, 0.717) is 11.7 Å². The molecule has 5 heteroatoms. The standard InChI is InChI=1S/C7H12N4O/c1-5-9-7(12-10-5)6-2-3-11(8)4-6/h6H,2-4,8H2,1H3. The van der Waals surface area contributed by atoms with Crippen molar-refractivity contribution in [2.45, 2.75) is 19.3 Å². The van der Waals surface area contributed by atoms with E-state index in [-0.39, 0.29) is 0 Å². The Hall–Kier alpha value is -0.940. The van der Waals surface area contributed by atoms with Crippen LogP contribution in [0.5, 0.6) is 0 Å². The maximum absolute atomic E-state index is 5.61. The van der Waals surface area contributed by atoms with Crippen LogP contribution in [0, 0.1) is 6.92 Å². The smallest absolute Gasteiger partial charge is 0.231 e. The number of nitrogens with two attached hydrogens (primary N) is 1. The van der Waals surface area contributed by atoms with Gasteiger partial charge in [0.25, 0.3) is 0 Å². The average Bonchev–Trinajstić information content (AvgIpc) is 2.58. The van der Waals surface area contributed by atoms with Crippen molar-refractivity contribution in [1.82, 2.24) is 15.1 Å². The average molecular weight is 168 g/mol. The molecule has 1 aliphatic rings. The van der Waals surface area contributed by atoms with E-state index in [1.54, 1.807) is 5.01 Å². The first kappa shape index (κ1) is 7.70. The number of hydrogen-bond acceptors (Lipinski definition) is 5. The lowest BCUT2D eigenvalue weighted by atomic mass is 10.1. The third-order valence-electron chi connectivity index (χ3n) is 2.11. The number of aromatic nitrogens is 2. The van der Waals surface area contributed by atoms with Gasteiger partial charge in [0.05, 0.1) is 5.92 Å². The predicted octanol–water partition coefficient (Wildman–Crippen LogP) is 0.0410. The van der Waals surface area contributed by atoms with E-state index in [4.69, 9.17) is 10.4 Å². The highest BCUT2D eigenvalue weighted by Crippen LogP contribution is 2.23. The summed E-state index contributed by atoms with van der Waals surface area (Å²) in [6, 6.07) is 0. The second-order valence-electron chi connectivity index (χ2n) is 3.16. The molecule has 1 fully saturated rings. The van der Waals surface area contributed by atoms with Gasteiger partial charge in [-0.05, 0) is 13.3 Å². The molecule has 66 valence electrons. The van der Waals surface area contributed by atoms with Gasteiger partial charge in [0.2, 0.25) is 5.89 Å². The molecule has 1 aliphatic heterocycles. The monoisotopic (exact) mass is 168 g/mol. The van der Waals surface area contributed by atoms with E-state index in [9.17, 15) is 0 Å². The lowest BCUT2D eigenvalue weighted by Crippen LogP contribution is -2.27. The summed E-state index contributed by atoms with van der Waals surface area (Å²) >= 11 is 0. The molecule has 1 saturated heterocycles. The summed E-state index contributed by atoms with van der Waals surface area (Å²) in [7, 11) is 0. The van der Waals surface area contributed by atoms with Crippen LogP contribution in [-0.4, -0.2) is 28.2 Å². The van der Waals surface area contributed by atoms with Crippen LogP contribution in [0.1, 0.15) is 24.1 Å². The molecule has 0 aromatic carbocycles. The summed E-state index contributed by atoms with van der Waals surface area (Å²) in [4.78, 5) is 4.17. The van der Waals surface area contributed by atoms with Crippen LogP contribution < -0.4 is 5.84 Å². The molecule has 2 rings (SSSR count). The van der Waals surface area contributed by atoms with Gasteiger partial charge in [0.1, 0.15) is 0 Å². The maximum atomic E-state index is 5.61. The van der Waals surface area contributed by atoms with Crippen LogP contribution in [-0.2, 0) is 0 Å². The van der Waals surface area contributed by atoms with Crippen LogP contribution in [0.2, 0.25) is 0 Å². The van der Waals surface area contributed by atoms with Gasteiger partial charge < -0.3 is 4.52 Å². The molecule has 1 unspecified atom stereocenters. The number of aryl methyl sites for hydroxylation is 1. The second-order valence-corrected chi connectivity index (χ2v) is 3.16. The zero-order valence-electron chi connectivity index (χ0n) is 7.03. The van der Waals surface area contributed by atoms with E-state index in [0.717, 1.165) is 25.4 Å². The van der Waals surface area contributed by atoms with Crippen molar-refractivity contribution in [2.24, 2.45) is 5.84 Å². The van der Waals surface area contributed by atoms with E-state index in [2.05, 4.69) is 10.1 Å². The first-order valence-electron chi connectivity index (χ1n) is 4.05. The Morgan fingerprint density at radius 1 is 1.67 bits per heavy atom. The summed E-state index contributed by atoms with van der Waals surface area (Å²) in [5.41, 5.74) is 0. The largest absolute Gasteiger partial charge is 0.339 e. The maximum Gasteiger partial charge on any atom is 0.231 e. The third-order valence-corrected chi connectivity index (χ3v) is 2.11. The molecule has 1 aromatic rings. The van der Waals surface area contributed by atoms with Crippen molar-refractivity contribution in [3.05, 3.63) is 11.7 Å². The Kier molecular flexibility index (Phi) is 1.82. The molecule has 5 nitrogen and oxygen atoms in total. The van der Waals surface area contributed by atoms with Crippen LogP contribution in [0.25, 0.3) is 0 Å². The zero-order chi connectivity index (χ0) is 8.55. The van der Waals surface area contributed by atoms with Crippen LogP contribution in [0.3, 0.4) is 0 Å². The fourth-order valence-corrected chi connectivity index (χ4v) is 1.47. The SMILES string of the molecule is Cc1noc(C2CCN(N)C2)n1. The molecule has 2 N–H and O–H groups in total. The summed E-state index contributed by atoms with van der Waals surface area (Å²) in [6.45, 7) is 3.55. The fraction of sp³-hybridized carbons (Fsp3) is 0.714. The summed E-state index contributed by atoms with van der Waals surface area (Å²) < 4.78 is 5.05. The Balaban J connectivity index is 2.11. The second kappa shape index (κ2) is 2.84. The zero-order valence-corrected chi connectivity index (χ0v) is 7.03. The van der Waals surface area contributed by atoms with Crippen LogP contribution >= 0.6 is 0 Å². The van der Waals surface area contributed by atoms with Gasteiger partial charge in [-0.1, -0.05) is 5.16 Å². The molecule has 1 aromatic heterocycles. The highest BCUT2D eigenvalue weighted by atomic mass is 16.5. The molecule has 2 heterocycles. The molecule has 0 aliphatic carbocycles. The number of nitrogens with zero attached hydrogens (tertiary/aromatic N) is 3. The highest BCUT2D eigenvalue weighted by Gasteiger charge is 2.26. The number of rotatable bonds is 1. The third kappa shape index (κ3) is 1.33. The molecular formula is C7H12N4O. The molecule has 1 atom stereocenters. The van der Waals surface area contributed by atoms with Crippen molar-refractivity contribution in [2.75, 3.05) is 13.1 Å². The Bertz CT molecular complexity index is 272. The minimum absolute atomic E-state index is 0.330. The van der Waals surface area contributed by atoms with E-state index >= 15 is 0 Å². The molecule has 12 heavy (non-hydrogen) atoms. The van der Waals surface area contributed by atoms with Crippen molar-refractivity contribution in [1.29, 1.82) is 0 Å². The molecule has 0 saturated carbocycles. The van der Waals surface area contributed by atoms with Gasteiger partial charge in [-0.25, -0.2) is 5.01 Å². The lowest BCUT2D eigenvalue weighted by molar-refractivity contribution is 0.322. The van der Waals surface area contributed by atoms with Gasteiger partial charge in [-0.15, -0.1) is 0 Å². The Morgan fingerprint density at radius 2 is 2.50 bits per heavy atom. The molecule has 0 amide bonds. The van der Waals surface area contributed by atoms with Gasteiger partial charge >= 0.3 is 0 Å². The predicted molar refractivity (Wildman–Crippen MR) is 42.2 cm³/mol. The van der Waals surface area contributed by atoms with E-state index < -0.39 is 0 Å². The van der Waals surface area contributed by atoms with Crippen LogP contribution in [0.4, 0.5) is 0 Å². The number of hydrogen-bond donors (Lipinski definition) is 1. The summed E-state index contributed by atoms with van der Waals surface area (Å²) in [6.07, 6.45) is 1.01. The van der Waals surface area contributed by atoms with Crippen LogP contribution in [0.15, 0.2) is 4.52 Å². The van der Waals surface area contributed by atoms with E-state index in [1.165, 1.54) is 0 Å². The van der Waals surface area contributed by atoms with Gasteiger partial charge in [-0.2, -0.15) is 4.98 Å². The summed E-state index contributed by atoms with van der Waals surface area (Å²) in [5.74, 6) is 7.36. The first-order chi connectivity index (χ1) is 5.75. The Morgan fingerprint density at radius 3 is 3.00 bits per heavy atom. The fourth-order valence-electron chi connectivity index (χ4n) is 1.47. The van der Waals surface area contributed by atoms with Gasteiger partial charge in [-0.3, -0.25) is 5.84 Å². The highest BCUT2D eigenvalue weighted by molar-refractivity contribution is 4.96. The number of hydrazine groups is 1.